The summed E-state index contributed by atoms with van der Waals surface area (Å²) in [6.07, 6.45) is 3.24. The fourth-order valence-electron chi connectivity index (χ4n) is 2.41. The van der Waals surface area contributed by atoms with Gasteiger partial charge in [-0.1, -0.05) is 12.1 Å². The van der Waals surface area contributed by atoms with E-state index in [9.17, 15) is 9.59 Å². The number of rotatable bonds is 7. The van der Waals surface area contributed by atoms with E-state index in [1.165, 1.54) is 6.20 Å². The minimum absolute atomic E-state index is 0.0537. The number of hydrogen-bond donors (Lipinski definition) is 2. The number of amides is 1. The summed E-state index contributed by atoms with van der Waals surface area (Å²) in [5.74, 6) is -0.959. The molecule has 7 heteroatoms. The van der Waals surface area contributed by atoms with Gasteiger partial charge >= 0.3 is 5.97 Å². The average molecular weight is 343 g/mol. The van der Waals surface area contributed by atoms with E-state index in [4.69, 9.17) is 14.7 Å². The number of hydrogen-bond acceptors (Lipinski definition) is 6. The molecular formula is C18H21N3O4. The zero-order valence-electron chi connectivity index (χ0n) is 14.1. The molecule has 0 unspecified atom stereocenters. The molecule has 1 aromatic rings. The van der Waals surface area contributed by atoms with Crippen molar-refractivity contribution in [2.24, 2.45) is 0 Å². The molecule has 2 N–H and O–H groups in total. The highest BCUT2D eigenvalue weighted by Crippen LogP contribution is 2.16. The summed E-state index contributed by atoms with van der Waals surface area (Å²) in [5.41, 5.74) is 0.735. The Morgan fingerprint density at radius 3 is 2.92 bits per heavy atom. The molecule has 1 fully saturated rings. The fraction of sp³-hybridized carbons (Fsp3) is 0.389. The van der Waals surface area contributed by atoms with Gasteiger partial charge in [-0.25, -0.2) is 4.79 Å². The van der Waals surface area contributed by atoms with Crippen LogP contribution in [0.5, 0.6) is 0 Å². The average Bonchev–Trinajstić information content (AvgIpc) is 3.14. The van der Waals surface area contributed by atoms with Crippen LogP contribution in [0.3, 0.4) is 0 Å². The summed E-state index contributed by atoms with van der Waals surface area (Å²) >= 11 is 0. The maximum atomic E-state index is 12.4. The van der Waals surface area contributed by atoms with Gasteiger partial charge in [0.25, 0.3) is 5.91 Å². The van der Waals surface area contributed by atoms with Crippen LogP contribution in [-0.2, 0) is 14.3 Å². The molecule has 2 rings (SSSR count). The van der Waals surface area contributed by atoms with E-state index in [0.29, 0.717) is 17.8 Å². The van der Waals surface area contributed by atoms with Gasteiger partial charge in [0.15, 0.2) is 5.57 Å². The Bertz CT molecular complexity index is 688. The maximum absolute atomic E-state index is 12.4. The van der Waals surface area contributed by atoms with E-state index in [1.54, 1.807) is 37.3 Å². The van der Waals surface area contributed by atoms with Crippen molar-refractivity contribution in [1.29, 1.82) is 5.26 Å². The van der Waals surface area contributed by atoms with Crippen LogP contribution in [0.1, 0.15) is 30.1 Å². The summed E-state index contributed by atoms with van der Waals surface area (Å²) in [7, 11) is 0. The molecule has 7 nitrogen and oxygen atoms in total. The largest absolute Gasteiger partial charge is 0.462 e. The monoisotopic (exact) mass is 343 g/mol. The normalized spacial score (nSPS) is 16.8. The van der Waals surface area contributed by atoms with Gasteiger partial charge in [-0.3, -0.25) is 4.79 Å². The molecule has 0 bridgehead atoms. The topological polar surface area (TPSA) is 100 Å². The zero-order valence-corrected chi connectivity index (χ0v) is 14.1. The van der Waals surface area contributed by atoms with Gasteiger partial charge in [0.2, 0.25) is 0 Å². The summed E-state index contributed by atoms with van der Waals surface area (Å²) in [5, 5.41) is 14.7. The number of carbonyl (C=O) groups excluding carboxylic acids is 2. The molecule has 25 heavy (non-hydrogen) atoms. The highest BCUT2D eigenvalue weighted by Gasteiger charge is 2.18. The minimum atomic E-state index is -0.710. The van der Waals surface area contributed by atoms with E-state index >= 15 is 0 Å². The number of nitrogens with one attached hydrogen (secondary N) is 2. The van der Waals surface area contributed by atoms with Gasteiger partial charge in [0.1, 0.15) is 6.07 Å². The Kier molecular flexibility index (Phi) is 6.99. The molecule has 1 atom stereocenters. The lowest BCUT2D eigenvalue weighted by molar-refractivity contribution is -0.138. The first-order chi connectivity index (χ1) is 12.2. The van der Waals surface area contributed by atoms with E-state index in [2.05, 4.69) is 10.6 Å². The molecule has 132 valence electrons. The van der Waals surface area contributed by atoms with Crippen LogP contribution in [-0.4, -0.2) is 37.7 Å². The molecule has 1 aromatic carbocycles. The van der Waals surface area contributed by atoms with E-state index in [1.807, 2.05) is 0 Å². The highest BCUT2D eigenvalue weighted by atomic mass is 16.5. The lowest BCUT2D eigenvalue weighted by Gasteiger charge is -2.13. The van der Waals surface area contributed by atoms with Crippen LogP contribution in [0.15, 0.2) is 36.0 Å². The molecule has 1 aliphatic rings. The fourth-order valence-corrected chi connectivity index (χ4v) is 2.41. The van der Waals surface area contributed by atoms with Crippen molar-refractivity contribution < 1.29 is 19.1 Å². The van der Waals surface area contributed by atoms with Crippen molar-refractivity contribution in [2.75, 3.05) is 25.1 Å². The number of nitriles is 1. The van der Waals surface area contributed by atoms with Crippen LogP contribution in [0.2, 0.25) is 0 Å². The summed E-state index contributed by atoms with van der Waals surface area (Å²) < 4.78 is 10.3. The standard InChI is InChI=1S/C18H21N3O4/c1-2-24-18(23)13(10-19)11-20-16-8-4-3-7-15(16)17(22)21-12-14-6-5-9-25-14/h3-4,7-8,11,14,20H,2,5-6,9,12H2,1H3,(H,21,22)/b13-11+/t14-/m0/s1. The van der Waals surface area contributed by atoms with Gasteiger partial charge in [-0.15, -0.1) is 0 Å². The second-order valence-electron chi connectivity index (χ2n) is 5.43. The third-order valence-corrected chi connectivity index (χ3v) is 3.67. The third kappa shape index (κ3) is 5.33. The van der Waals surface area contributed by atoms with Crippen molar-refractivity contribution in [3.8, 4) is 6.07 Å². The predicted molar refractivity (Wildman–Crippen MR) is 91.7 cm³/mol. The highest BCUT2D eigenvalue weighted by molar-refractivity contribution is 6.00. The van der Waals surface area contributed by atoms with Crippen LogP contribution in [0, 0.1) is 11.3 Å². The molecule has 0 spiro atoms. The van der Waals surface area contributed by atoms with Crippen LogP contribution in [0.25, 0.3) is 0 Å². The first-order valence-electron chi connectivity index (χ1n) is 8.18. The van der Waals surface area contributed by atoms with Crippen molar-refractivity contribution in [1.82, 2.24) is 5.32 Å². The van der Waals surface area contributed by atoms with Crippen LogP contribution >= 0.6 is 0 Å². The summed E-state index contributed by atoms with van der Waals surface area (Å²) in [4.78, 5) is 24.0. The second-order valence-corrected chi connectivity index (χ2v) is 5.43. The minimum Gasteiger partial charge on any atom is -0.462 e. The predicted octanol–water partition coefficient (Wildman–Crippen LogP) is 1.98. The Balaban J connectivity index is 2.05. The van der Waals surface area contributed by atoms with Crippen molar-refractivity contribution in [3.63, 3.8) is 0 Å². The Morgan fingerprint density at radius 2 is 2.24 bits per heavy atom. The third-order valence-electron chi connectivity index (χ3n) is 3.67. The van der Waals surface area contributed by atoms with Crippen LogP contribution < -0.4 is 10.6 Å². The molecule has 1 amide bonds. The quantitative estimate of drug-likeness (QED) is 0.446. The Labute approximate surface area is 146 Å². The van der Waals surface area contributed by atoms with E-state index < -0.39 is 5.97 Å². The molecule has 0 aromatic heterocycles. The molecular weight excluding hydrogens is 322 g/mol. The Morgan fingerprint density at radius 1 is 1.44 bits per heavy atom. The SMILES string of the molecule is CCOC(=O)/C(C#N)=C/Nc1ccccc1C(=O)NC[C@@H]1CCCO1. The zero-order chi connectivity index (χ0) is 18.1. The summed E-state index contributed by atoms with van der Waals surface area (Å²) in [6, 6.07) is 8.63. The lowest BCUT2D eigenvalue weighted by atomic mass is 10.1. The molecule has 1 saturated heterocycles. The van der Waals surface area contributed by atoms with E-state index in [0.717, 1.165) is 19.4 Å². The first kappa shape index (κ1) is 18.5. The van der Waals surface area contributed by atoms with Gasteiger partial charge < -0.3 is 20.1 Å². The number of esters is 1. The number of benzene rings is 1. The number of anilines is 1. The second kappa shape index (κ2) is 9.45. The van der Waals surface area contributed by atoms with Crippen molar-refractivity contribution in [3.05, 3.63) is 41.6 Å². The van der Waals surface area contributed by atoms with Crippen molar-refractivity contribution >= 4 is 17.6 Å². The molecule has 0 saturated carbocycles. The number of carbonyl (C=O) groups is 2. The van der Waals surface area contributed by atoms with Gasteiger partial charge in [0.05, 0.1) is 24.0 Å². The molecule has 0 radical (unpaired) electrons. The number of ether oxygens (including phenoxy) is 2. The van der Waals surface area contributed by atoms with E-state index in [-0.39, 0.29) is 24.2 Å². The number of para-hydroxylation sites is 1. The van der Waals surface area contributed by atoms with Gasteiger partial charge in [-0.05, 0) is 31.9 Å². The molecule has 0 aliphatic carbocycles. The molecule has 1 aliphatic heterocycles. The van der Waals surface area contributed by atoms with Crippen molar-refractivity contribution in [2.45, 2.75) is 25.9 Å². The summed E-state index contributed by atoms with van der Waals surface area (Å²) in [6.45, 7) is 3.03. The number of nitrogens with zero attached hydrogens (tertiary/aromatic N) is 1. The van der Waals surface area contributed by atoms with Gasteiger partial charge in [0, 0.05) is 19.4 Å². The van der Waals surface area contributed by atoms with Gasteiger partial charge in [-0.2, -0.15) is 5.26 Å². The Hall–Kier alpha value is -2.85. The maximum Gasteiger partial charge on any atom is 0.350 e. The lowest BCUT2D eigenvalue weighted by Crippen LogP contribution is -2.32. The molecule has 1 heterocycles. The van der Waals surface area contributed by atoms with Crippen LogP contribution in [0.4, 0.5) is 5.69 Å². The first-order valence-corrected chi connectivity index (χ1v) is 8.18. The smallest absolute Gasteiger partial charge is 0.350 e.